The highest BCUT2D eigenvalue weighted by Gasteiger charge is 2.00. The minimum absolute atomic E-state index is 0.278. The van der Waals surface area contributed by atoms with Gasteiger partial charge in [0.2, 0.25) is 0 Å². The normalized spacial score (nSPS) is 12.4. The minimum atomic E-state index is -2.18. The summed E-state index contributed by atoms with van der Waals surface area (Å²) in [7, 11) is 0. The van der Waals surface area contributed by atoms with Crippen molar-refractivity contribution in [2.45, 2.75) is 18.2 Å². The van der Waals surface area contributed by atoms with Crippen LogP contribution in [0.5, 0.6) is 0 Å². The lowest BCUT2D eigenvalue weighted by molar-refractivity contribution is 0.537. The third-order valence-corrected chi connectivity index (χ3v) is 3.06. The molecule has 1 aromatic heterocycles. The predicted octanol–water partition coefficient (Wildman–Crippen LogP) is 1.94. The molecule has 1 aromatic carbocycles. The fourth-order valence-electron chi connectivity index (χ4n) is 1.44. The van der Waals surface area contributed by atoms with Gasteiger partial charge in [-0.1, -0.05) is 19.1 Å². The molecule has 0 aliphatic rings. The second-order valence-electron chi connectivity index (χ2n) is 3.50. The summed E-state index contributed by atoms with van der Waals surface area (Å²) >= 11 is -2.18. The van der Waals surface area contributed by atoms with Crippen molar-refractivity contribution in [2.75, 3.05) is 0 Å². The number of aryl methyl sites for hydroxylation is 1. The third kappa shape index (κ3) is 2.75. The molecule has 0 radical (unpaired) electrons. The lowest BCUT2D eigenvalue weighted by atomic mass is 10.1. The van der Waals surface area contributed by atoms with Crippen molar-refractivity contribution in [3.8, 4) is 11.1 Å². The van der Waals surface area contributed by atoms with Gasteiger partial charge in [-0.2, -0.15) is 0 Å². The van der Waals surface area contributed by atoms with Crippen LogP contribution in [-0.2, 0) is 17.5 Å². The summed E-state index contributed by atoms with van der Waals surface area (Å²) in [6.45, 7) is 1.99. The van der Waals surface area contributed by atoms with Crippen LogP contribution < -0.4 is 0 Å². The average Bonchev–Trinajstić information content (AvgIpc) is 2.39. The smallest absolute Gasteiger partial charge is 0.127 e. The Kier molecular flexibility index (Phi) is 3.61. The Hall–Kier alpha value is -1.59. The van der Waals surface area contributed by atoms with E-state index in [-0.39, 0.29) is 4.90 Å². The quantitative estimate of drug-likeness (QED) is 0.777. The molecule has 5 heteroatoms. The summed E-state index contributed by atoms with van der Waals surface area (Å²) < 4.78 is 21.4. The molecule has 0 bridgehead atoms. The second kappa shape index (κ2) is 5.16. The highest BCUT2D eigenvalue weighted by Crippen LogP contribution is 2.19. The molecule has 88 valence electrons. The first kappa shape index (κ1) is 11.9. The predicted molar refractivity (Wildman–Crippen MR) is 64.0 cm³/mol. The van der Waals surface area contributed by atoms with Crippen molar-refractivity contribution in [3.05, 3.63) is 42.5 Å². The van der Waals surface area contributed by atoms with Crippen LogP contribution in [0.2, 0.25) is 0 Å². The molecule has 1 unspecified atom stereocenters. The fourth-order valence-corrected chi connectivity index (χ4v) is 1.80. The first-order valence-corrected chi connectivity index (χ1v) is 6.29. The van der Waals surface area contributed by atoms with Gasteiger partial charge in [-0.15, -0.1) is 0 Å². The SMILES string of the molecule is CCc1ncc(-c2ccc(S(=O)[O-])cc2)cn1. The van der Waals surface area contributed by atoms with Crippen LogP contribution >= 0.6 is 0 Å². The lowest BCUT2D eigenvalue weighted by Crippen LogP contribution is -1.92. The Morgan fingerprint density at radius 2 is 1.71 bits per heavy atom. The van der Waals surface area contributed by atoms with Crippen LogP contribution in [0.15, 0.2) is 41.6 Å². The Bertz CT molecular complexity index is 523. The Labute approximate surface area is 102 Å². The zero-order chi connectivity index (χ0) is 12.3. The standard InChI is InChI=1S/C12H12N2O2S/c1-2-12-13-7-10(8-14-12)9-3-5-11(6-4-9)17(15)16/h3-8H,2H2,1H3,(H,15,16)/p-1. The molecular formula is C12H11N2O2S-. The van der Waals surface area contributed by atoms with E-state index in [9.17, 15) is 8.76 Å². The second-order valence-corrected chi connectivity index (χ2v) is 4.44. The Morgan fingerprint density at radius 1 is 1.12 bits per heavy atom. The van der Waals surface area contributed by atoms with Crippen molar-refractivity contribution in [1.29, 1.82) is 0 Å². The van der Waals surface area contributed by atoms with E-state index in [1.54, 1.807) is 36.7 Å². The summed E-state index contributed by atoms with van der Waals surface area (Å²) in [5, 5.41) is 0. The van der Waals surface area contributed by atoms with E-state index < -0.39 is 11.1 Å². The molecule has 0 saturated carbocycles. The van der Waals surface area contributed by atoms with Crippen molar-refractivity contribution >= 4 is 11.1 Å². The summed E-state index contributed by atoms with van der Waals surface area (Å²) in [6.07, 6.45) is 4.29. The van der Waals surface area contributed by atoms with E-state index in [1.807, 2.05) is 6.92 Å². The molecule has 2 aromatic rings. The van der Waals surface area contributed by atoms with Crippen molar-refractivity contribution < 1.29 is 8.76 Å². The van der Waals surface area contributed by atoms with Gasteiger partial charge < -0.3 is 4.55 Å². The molecule has 4 nitrogen and oxygen atoms in total. The van der Waals surface area contributed by atoms with Crippen LogP contribution in [0.1, 0.15) is 12.7 Å². The van der Waals surface area contributed by atoms with Gasteiger partial charge in [0.15, 0.2) is 0 Å². The minimum Gasteiger partial charge on any atom is -0.768 e. The highest BCUT2D eigenvalue weighted by molar-refractivity contribution is 7.79. The largest absolute Gasteiger partial charge is 0.768 e. The number of hydrogen-bond donors (Lipinski definition) is 0. The van der Waals surface area contributed by atoms with Crippen LogP contribution in [0.3, 0.4) is 0 Å². The molecule has 0 spiro atoms. The van der Waals surface area contributed by atoms with Crippen LogP contribution in [-0.4, -0.2) is 18.7 Å². The van der Waals surface area contributed by atoms with Gasteiger partial charge in [0, 0.05) is 29.3 Å². The maximum atomic E-state index is 10.7. The van der Waals surface area contributed by atoms with Gasteiger partial charge in [-0.25, -0.2) is 9.97 Å². The van der Waals surface area contributed by atoms with Gasteiger partial charge in [0.05, 0.1) is 0 Å². The van der Waals surface area contributed by atoms with Crippen LogP contribution in [0.4, 0.5) is 0 Å². The zero-order valence-electron chi connectivity index (χ0n) is 9.29. The molecule has 1 atom stereocenters. The van der Waals surface area contributed by atoms with E-state index in [0.717, 1.165) is 23.4 Å². The molecule has 1 heterocycles. The third-order valence-electron chi connectivity index (χ3n) is 2.40. The number of hydrogen-bond acceptors (Lipinski definition) is 4. The maximum absolute atomic E-state index is 10.7. The molecule has 17 heavy (non-hydrogen) atoms. The summed E-state index contributed by atoms with van der Waals surface area (Å²) in [4.78, 5) is 8.67. The summed E-state index contributed by atoms with van der Waals surface area (Å²) in [5.74, 6) is 0.797. The Morgan fingerprint density at radius 3 is 2.18 bits per heavy atom. The number of benzene rings is 1. The number of nitrogens with zero attached hydrogens (tertiary/aromatic N) is 2. The molecule has 2 rings (SSSR count). The fraction of sp³-hybridized carbons (Fsp3) is 0.167. The lowest BCUT2D eigenvalue weighted by Gasteiger charge is -2.06. The molecule has 0 saturated heterocycles. The van der Waals surface area contributed by atoms with Gasteiger partial charge in [-0.05, 0) is 28.8 Å². The molecule has 0 N–H and O–H groups in total. The number of rotatable bonds is 3. The monoisotopic (exact) mass is 247 g/mol. The first-order chi connectivity index (χ1) is 8.20. The maximum Gasteiger partial charge on any atom is 0.127 e. The van der Waals surface area contributed by atoms with E-state index >= 15 is 0 Å². The molecular weight excluding hydrogens is 236 g/mol. The highest BCUT2D eigenvalue weighted by atomic mass is 32.2. The topological polar surface area (TPSA) is 65.9 Å². The van der Waals surface area contributed by atoms with E-state index in [2.05, 4.69) is 9.97 Å². The van der Waals surface area contributed by atoms with Gasteiger partial charge in [0.1, 0.15) is 5.82 Å². The van der Waals surface area contributed by atoms with Gasteiger partial charge in [0.25, 0.3) is 0 Å². The van der Waals surface area contributed by atoms with E-state index in [1.165, 1.54) is 0 Å². The van der Waals surface area contributed by atoms with Gasteiger partial charge >= 0.3 is 0 Å². The van der Waals surface area contributed by atoms with Crippen molar-refractivity contribution in [3.63, 3.8) is 0 Å². The summed E-state index contributed by atoms with van der Waals surface area (Å²) in [6, 6.07) is 6.61. The molecule has 0 fully saturated rings. The number of aromatic nitrogens is 2. The summed E-state index contributed by atoms with van der Waals surface area (Å²) in [5.41, 5.74) is 1.78. The van der Waals surface area contributed by atoms with Gasteiger partial charge in [-0.3, -0.25) is 4.21 Å². The van der Waals surface area contributed by atoms with E-state index in [4.69, 9.17) is 0 Å². The zero-order valence-corrected chi connectivity index (χ0v) is 10.1. The molecule has 0 aliphatic heterocycles. The molecule has 0 amide bonds. The Balaban J connectivity index is 2.29. The molecule has 0 aliphatic carbocycles. The van der Waals surface area contributed by atoms with Crippen LogP contribution in [0.25, 0.3) is 11.1 Å². The van der Waals surface area contributed by atoms with E-state index in [0.29, 0.717) is 0 Å². The first-order valence-electron chi connectivity index (χ1n) is 5.21. The van der Waals surface area contributed by atoms with Crippen molar-refractivity contribution in [2.24, 2.45) is 0 Å². The average molecular weight is 247 g/mol. The van der Waals surface area contributed by atoms with Crippen LogP contribution in [0, 0.1) is 0 Å². The van der Waals surface area contributed by atoms with Crippen molar-refractivity contribution in [1.82, 2.24) is 9.97 Å².